The van der Waals surface area contributed by atoms with Gasteiger partial charge in [-0.05, 0) is 17.7 Å². The average Bonchev–Trinajstić information content (AvgIpc) is 2.92. The largest absolute Gasteiger partial charge is 0.340 e. The van der Waals surface area contributed by atoms with Gasteiger partial charge in [0.15, 0.2) is 6.33 Å². The van der Waals surface area contributed by atoms with Crippen LogP contribution in [0.5, 0.6) is 0 Å². The zero-order valence-corrected chi connectivity index (χ0v) is 10.9. The number of sulfonamides is 1. The third-order valence-electron chi connectivity index (χ3n) is 2.48. The predicted molar refractivity (Wildman–Crippen MR) is 67.5 cm³/mol. The Morgan fingerprint density at radius 2 is 2.21 bits per heavy atom. The van der Waals surface area contributed by atoms with E-state index in [4.69, 9.17) is 10.3 Å². The molecule has 0 aliphatic heterocycles. The third-order valence-corrected chi connectivity index (χ3v) is 3.94. The van der Waals surface area contributed by atoms with Gasteiger partial charge < -0.3 is 10.3 Å². The zero-order chi connectivity index (χ0) is 13.7. The Balaban J connectivity index is 2.01. The molecule has 8 heteroatoms. The first-order valence-corrected chi connectivity index (χ1v) is 7.14. The number of rotatable bonds is 6. The number of hydrogen-bond donors (Lipinski definition) is 2. The smallest absolute Gasteiger partial charge is 0.240 e. The Morgan fingerprint density at radius 3 is 2.89 bits per heavy atom. The lowest BCUT2D eigenvalue weighted by atomic mass is 10.2. The van der Waals surface area contributed by atoms with Crippen LogP contribution < -0.4 is 10.5 Å². The molecule has 0 aliphatic carbocycles. The molecule has 0 amide bonds. The maximum Gasteiger partial charge on any atom is 0.240 e. The molecule has 19 heavy (non-hydrogen) atoms. The van der Waals surface area contributed by atoms with Gasteiger partial charge in [-0.2, -0.15) is 4.98 Å². The average molecular weight is 282 g/mol. The van der Waals surface area contributed by atoms with Crippen LogP contribution in [0.1, 0.15) is 11.5 Å². The summed E-state index contributed by atoms with van der Waals surface area (Å²) in [6.45, 7) is 0.489. The van der Waals surface area contributed by atoms with E-state index in [-0.39, 0.29) is 11.4 Å². The van der Waals surface area contributed by atoms with Crippen molar-refractivity contribution < 1.29 is 12.9 Å². The highest BCUT2D eigenvalue weighted by Gasteiger charge is 2.14. The Hall–Kier alpha value is -1.77. The first-order valence-electron chi connectivity index (χ1n) is 5.66. The summed E-state index contributed by atoms with van der Waals surface area (Å²) in [5, 5.41) is 3.44. The molecule has 0 spiro atoms. The van der Waals surface area contributed by atoms with Crippen molar-refractivity contribution in [2.45, 2.75) is 17.9 Å². The molecule has 1 aromatic heterocycles. The molecule has 102 valence electrons. The van der Waals surface area contributed by atoms with Crippen molar-refractivity contribution in [2.75, 3.05) is 6.54 Å². The van der Waals surface area contributed by atoms with Crippen molar-refractivity contribution in [2.24, 2.45) is 5.73 Å². The van der Waals surface area contributed by atoms with E-state index < -0.39 is 10.0 Å². The highest BCUT2D eigenvalue weighted by Crippen LogP contribution is 2.11. The highest BCUT2D eigenvalue weighted by atomic mass is 32.2. The minimum Gasteiger partial charge on any atom is -0.340 e. The molecule has 0 saturated heterocycles. The lowest BCUT2D eigenvalue weighted by molar-refractivity contribution is 0.377. The van der Waals surface area contributed by atoms with Gasteiger partial charge >= 0.3 is 0 Å². The minimum atomic E-state index is -3.54. The number of nitrogens with two attached hydrogens (primary N) is 1. The van der Waals surface area contributed by atoms with Crippen LogP contribution in [-0.4, -0.2) is 25.1 Å². The van der Waals surface area contributed by atoms with Crippen LogP contribution in [0.4, 0.5) is 0 Å². The summed E-state index contributed by atoms with van der Waals surface area (Å²) in [6, 6.07) is 6.51. The normalized spacial score (nSPS) is 11.6. The molecule has 0 saturated carbocycles. The maximum absolute atomic E-state index is 12.0. The summed E-state index contributed by atoms with van der Waals surface area (Å²) >= 11 is 0. The number of nitrogens with one attached hydrogen (secondary N) is 1. The van der Waals surface area contributed by atoms with Gasteiger partial charge in [-0.25, -0.2) is 13.1 Å². The number of benzene rings is 1. The summed E-state index contributed by atoms with van der Waals surface area (Å²) < 4.78 is 31.3. The molecule has 1 heterocycles. The van der Waals surface area contributed by atoms with Gasteiger partial charge in [0.1, 0.15) is 0 Å². The number of aromatic nitrogens is 2. The summed E-state index contributed by atoms with van der Waals surface area (Å²) in [6.07, 6.45) is 1.62. The highest BCUT2D eigenvalue weighted by molar-refractivity contribution is 7.89. The Kier molecular flexibility index (Phi) is 4.25. The first kappa shape index (κ1) is 13.7. The van der Waals surface area contributed by atoms with Gasteiger partial charge in [0.05, 0.1) is 4.90 Å². The lowest BCUT2D eigenvalue weighted by Gasteiger charge is -2.06. The number of hydrogen-bond acceptors (Lipinski definition) is 6. The molecule has 0 aliphatic rings. The van der Waals surface area contributed by atoms with Crippen molar-refractivity contribution in [3.63, 3.8) is 0 Å². The van der Waals surface area contributed by atoms with Crippen LogP contribution in [0.15, 0.2) is 40.0 Å². The molecule has 1 aromatic carbocycles. The third kappa shape index (κ3) is 3.60. The van der Waals surface area contributed by atoms with Crippen LogP contribution in [0.25, 0.3) is 0 Å². The Bertz CT molecular complexity index is 625. The quantitative estimate of drug-likeness (QED) is 0.774. The second kappa shape index (κ2) is 5.91. The van der Waals surface area contributed by atoms with Crippen molar-refractivity contribution in [3.05, 3.63) is 42.0 Å². The molecular formula is C11H14N4O3S. The number of nitrogens with zero attached hydrogens (tertiary/aromatic N) is 2. The molecule has 3 N–H and O–H groups in total. The Labute approximate surface area is 110 Å². The fraction of sp³-hybridized carbons (Fsp3) is 0.273. The second-order valence-corrected chi connectivity index (χ2v) is 5.60. The fourth-order valence-electron chi connectivity index (χ4n) is 1.52. The topological polar surface area (TPSA) is 111 Å². The predicted octanol–water partition coefficient (Wildman–Crippen LogP) is 0.0493. The Morgan fingerprint density at radius 1 is 1.37 bits per heavy atom. The van der Waals surface area contributed by atoms with Crippen LogP contribution in [-0.2, 0) is 23.0 Å². The summed E-state index contributed by atoms with van der Waals surface area (Å²) in [5.41, 5.74) is 6.25. The first-order chi connectivity index (χ1) is 9.12. The van der Waals surface area contributed by atoms with Gasteiger partial charge in [-0.1, -0.05) is 17.3 Å². The van der Waals surface area contributed by atoms with E-state index in [0.29, 0.717) is 18.9 Å². The van der Waals surface area contributed by atoms with Crippen molar-refractivity contribution in [1.82, 2.24) is 14.9 Å². The SMILES string of the molecule is NCc1cccc(S(=O)(=O)NCCc2ncno2)c1. The minimum absolute atomic E-state index is 0.192. The van der Waals surface area contributed by atoms with Crippen molar-refractivity contribution >= 4 is 10.0 Å². The van der Waals surface area contributed by atoms with Crippen molar-refractivity contribution in [1.29, 1.82) is 0 Å². The van der Waals surface area contributed by atoms with Crippen LogP contribution in [0.2, 0.25) is 0 Å². The molecule has 0 radical (unpaired) electrons. The van der Waals surface area contributed by atoms with Gasteiger partial charge in [0.25, 0.3) is 0 Å². The molecule has 2 aromatic rings. The van der Waals surface area contributed by atoms with Gasteiger partial charge in [-0.3, -0.25) is 0 Å². The van der Waals surface area contributed by atoms with Crippen LogP contribution in [0, 0.1) is 0 Å². The van der Waals surface area contributed by atoms with E-state index in [0.717, 1.165) is 5.56 Å². The van der Waals surface area contributed by atoms with E-state index in [1.165, 1.54) is 12.4 Å². The van der Waals surface area contributed by atoms with E-state index in [1.807, 2.05) is 0 Å². The van der Waals surface area contributed by atoms with E-state index >= 15 is 0 Å². The van der Waals surface area contributed by atoms with Gasteiger partial charge in [0, 0.05) is 19.5 Å². The van der Waals surface area contributed by atoms with E-state index in [2.05, 4.69) is 14.9 Å². The van der Waals surface area contributed by atoms with Gasteiger partial charge in [0.2, 0.25) is 15.9 Å². The summed E-state index contributed by atoms with van der Waals surface area (Å²) in [4.78, 5) is 4.00. The van der Waals surface area contributed by atoms with E-state index in [1.54, 1.807) is 18.2 Å². The molecule has 7 nitrogen and oxygen atoms in total. The maximum atomic E-state index is 12.0. The molecular weight excluding hydrogens is 268 g/mol. The second-order valence-electron chi connectivity index (χ2n) is 3.83. The zero-order valence-electron chi connectivity index (χ0n) is 10.1. The standard InChI is InChI=1S/C11H14N4O3S/c12-7-9-2-1-3-10(6-9)19(16,17)15-5-4-11-13-8-14-18-11/h1-3,6,8,15H,4-5,7,12H2. The van der Waals surface area contributed by atoms with Crippen molar-refractivity contribution in [3.8, 4) is 0 Å². The molecule has 0 bridgehead atoms. The van der Waals surface area contributed by atoms with Gasteiger partial charge in [-0.15, -0.1) is 0 Å². The van der Waals surface area contributed by atoms with Crippen LogP contribution in [0.3, 0.4) is 0 Å². The lowest BCUT2D eigenvalue weighted by Crippen LogP contribution is -2.26. The van der Waals surface area contributed by atoms with Crippen LogP contribution >= 0.6 is 0 Å². The molecule has 0 fully saturated rings. The molecule has 0 unspecified atom stereocenters. The summed E-state index contributed by atoms with van der Waals surface area (Å²) in [5.74, 6) is 0.387. The summed E-state index contributed by atoms with van der Waals surface area (Å²) in [7, 11) is -3.54. The molecule has 2 rings (SSSR count). The monoisotopic (exact) mass is 282 g/mol. The fourth-order valence-corrected chi connectivity index (χ4v) is 2.62. The van der Waals surface area contributed by atoms with E-state index in [9.17, 15) is 8.42 Å². The molecule has 0 atom stereocenters.